The first-order valence-corrected chi connectivity index (χ1v) is 11.1. The normalized spacial score (nSPS) is 24.7. The summed E-state index contributed by atoms with van der Waals surface area (Å²) in [5.41, 5.74) is 0.990. The van der Waals surface area contributed by atoms with Crippen molar-refractivity contribution in [1.82, 2.24) is 14.7 Å². The number of rotatable bonds is 5. The van der Waals surface area contributed by atoms with Gasteiger partial charge in [-0.2, -0.15) is 5.10 Å². The molecule has 2 aliphatic rings. The van der Waals surface area contributed by atoms with Crippen LogP contribution in [0, 0.1) is 10.8 Å². The Morgan fingerprint density at radius 3 is 2.63 bits per heavy atom. The molecule has 160 valence electrons. The maximum atomic E-state index is 13.0. The van der Waals surface area contributed by atoms with Crippen LogP contribution in [0.2, 0.25) is 0 Å². The summed E-state index contributed by atoms with van der Waals surface area (Å²) < 4.78 is 1.57. The number of carbonyl (C=O) groups excluding carboxylic acids is 3. The molecule has 2 atom stereocenters. The third kappa shape index (κ3) is 4.19. The Morgan fingerprint density at radius 1 is 1.20 bits per heavy atom. The van der Waals surface area contributed by atoms with Crippen molar-refractivity contribution in [2.75, 3.05) is 11.9 Å². The summed E-state index contributed by atoms with van der Waals surface area (Å²) >= 11 is 1.16. The number of nitrogens with one attached hydrogen (secondary N) is 1. The number of ketones is 1. The van der Waals surface area contributed by atoms with E-state index in [9.17, 15) is 14.4 Å². The zero-order chi connectivity index (χ0) is 21.7. The molecule has 0 spiro atoms. The van der Waals surface area contributed by atoms with Crippen molar-refractivity contribution in [2.45, 2.75) is 59.5 Å². The highest BCUT2D eigenvalue weighted by atomic mass is 32.1. The maximum absolute atomic E-state index is 13.0. The molecule has 1 unspecified atom stereocenters. The van der Waals surface area contributed by atoms with Crippen LogP contribution in [0.15, 0.2) is 24.5 Å². The largest absolute Gasteiger partial charge is 0.338 e. The SMILES string of the molecule is CC(=O)c1ccc(C(=O)Nc2cnn(CC(=O)N3C[C@]4(C)CC3CC(C)(C)C4)c2)s1. The maximum Gasteiger partial charge on any atom is 0.265 e. The third-order valence-electron chi connectivity index (χ3n) is 6.10. The summed E-state index contributed by atoms with van der Waals surface area (Å²) in [6.07, 6.45) is 6.47. The van der Waals surface area contributed by atoms with Crippen LogP contribution in [0.5, 0.6) is 0 Å². The van der Waals surface area contributed by atoms with Crippen molar-refractivity contribution in [1.29, 1.82) is 0 Å². The van der Waals surface area contributed by atoms with Gasteiger partial charge in [0, 0.05) is 18.8 Å². The molecule has 2 fully saturated rings. The van der Waals surface area contributed by atoms with Gasteiger partial charge >= 0.3 is 0 Å². The van der Waals surface area contributed by atoms with Crippen molar-refractivity contribution in [3.63, 3.8) is 0 Å². The van der Waals surface area contributed by atoms with Gasteiger partial charge in [-0.15, -0.1) is 11.3 Å². The van der Waals surface area contributed by atoms with E-state index in [1.165, 1.54) is 13.1 Å². The van der Waals surface area contributed by atoms with E-state index >= 15 is 0 Å². The lowest BCUT2D eigenvalue weighted by Crippen LogP contribution is -2.39. The molecule has 1 saturated carbocycles. The average Bonchev–Trinajstić information content (AvgIpc) is 3.32. The number of carbonyl (C=O) groups is 3. The minimum Gasteiger partial charge on any atom is -0.338 e. The second-order valence-corrected chi connectivity index (χ2v) is 10.9. The summed E-state index contributed by atoms with van der Waals surface area (Å²) in [6.45, 7) is 9.32. The van der Waals surface area contributed by atoms with E-state index < -0.39 is 0 Å². The molecule has 2 aromatic rings. The second-order valence-electron chi connectivity index (χ2n) is 9.84. The van der Waals surface area contributed by atoms with Crippen LogP contribution in [0.1, 0.15) is 66.3 Å². The number of thiophene rings is 1. The summed E-state index contributed by atoms with van der Waals surface area (Å²) in [6, 6.07) is 3.59. The van der Waals surface area contributed by atoms with Gasteiger partial charge in [0.25, 0.3) is 5.91 Å². The molecule has 2 bridgehead atoms. The van der Waals surface area contributed by atoms with E-state index in [4.69, 9.17) is 0 Å². The van der Waals surface area contributed by atoms with E-state index in [0.29, 0.717) is 21.5 Å². The van der Waals surface area contributed by atoms with Gasteiger partial charge < -0.3 is 10.2 Å². The zero-order valence-corrected chi connectivity index (χ0v) is 18.7. The molecule has 1 aliphatic carbocycles. The Balaban J connectivity index is 1.38. The number of fused-ring (bicyclic) bond motifs is 2. The average molecular weight is 429 g/mol. The van der Waals surface area contributed by atoms with E-state index in [-0.39, 0.29) is 35.0 Å². The van der Waals surface area contributed by atoms with Crippen LogP contribution in [0.3, 0.4) is 0 Å². The number of hydrogen-bond donors (Lipinski definition) is 1. The van der Waals surface area contributed by atoms with Crippen LogP contribution < -0.4 is 5.32 Å². The van der Waals surface area contributed by atoms with Crippen LogP contribution >= 0.6 is 11.3 Å². The minimum absolute atomic E-state index is 0.0611. The Morgan fingerprint density at radius 2 is 1.93 bits per heavy atom. The number of hydrogen-bond acceptors (Lipinski definition) is 5. The highest BCUT2D eigenvalue weighted by Crippen LogP contribution is 2.52. The van der Waals surface area contributed by atoms with Gasteiger partial charge in [0.05, 0.1) is 21.6 Å². The van der Waals surface area contributed by atoms with Crippen LogP contribution in [-0.2, 0) is 11.3 Å². The fourth-order valence-corrected chi connectivity index (χ4v) is 6.13. The van der Waals surface area contributed by atoms with Crippen molar-refractivity contribution in [3.8, 4) is 0 Å². The van der Waals surface area contributed by atoms with Crippen LogP contribution in [-0.4, -0.2) is 44.9 Å². The summed E-state index contributed by atoms with van der Waals surface area (Å²) in [5, 5.41) is 7.02. The number of nitrogens with zero attached hydrogens (tertiary/aromatic N) is 3. The highest BCUT2D eigenvalue weighted by Gasteiger charge is 2.50. The molecule has 2 aromatic heterocycles. The van der Waals surface area contributed by atoms with E-state index in [2.05, 4.69) is 31.2 Å². The van der Waals surface area contributed by atoms with Gasteiger partial charge in [-0.3, -0.25) is 19.1 Å². The lowest BCUT2D eigenvalue weighted by Gasteiger charge is -2.39. The summed E-state index contributed by atoms with van der Waals surface area (Å²) in [7, 11) is 0. The summed E-state index contributed by atoms with van der Waals surface area (Å²) in [4.78, 5) is 39.8. The first-order chi connectivity index (χ1) is 14.0. The molecule has 2 amide bonds. The fourth-order valence-electron chi connectivity index (χ4n) is 5.34. The number of amides is 2. The lowest BCUT2D eigenvalue weighted by atomic mass is 9.65. The van der Waals surface area contributed by atoms with Gasteiger partial charge in [0.15, 0.2) is 5.78 Å². The molecule has 30 heavy (non-hydrogen) atoms. The predicted octanol–water partition coefficient (Wildman–Crippen LogP) is 3.83. The molecule has 4 rings (SSSR count). The Bertz CT molecular complexity index is 1010. The van der Waals surface area contributed by atoms with E-state index in [1.807, 2.05) is 4.90 Å². The van der Waals surface area contributed by atoms with Crippen molar-refractivity contribution in [2.24, 2.45) is 10.8 Å². The molecule has 1 N–H and O–H groups in total. The third-order valence-corrected chi connectivity index (χ3v) is 7.29. The molecule has 7 nitrogen and oxygen atoms in total. The van der Waals surface area contributed by atoms with Crippen molar-refractivity contribution >= 4 is 34.6 Å². The smallest absolute Gasteiger partial charge is 0.265 e. The topological polar surface area (TPSA) is 84.3 Å². The Labute approximate surface area is 180 Å². The van der Waals surface area contributed by atoms with Crippen molar-refractivity contribution in [3.05, 3.63) is 34.3 Å². The molecular weight excluding hydrogens is 400 g/mol. The number of aromatic nitrogens is 2. The molecular formula is C22H28N4O3S. The van der Waals surface area contributed by atoms with Gasteiger partial charge in [0.2, 0.25) is 5.91 Å². The summed E-state index contributed by atoms with van der Waals surface area (Å²) in [5.74, 6) is -0.275. The van der Waals surface area contributed by atoms with Gasteiger partial charge in [-0.05, 0) is 49.1 Å². The molecule has 0 radical (unpaired) electrons. The molecule has 3 heterocycles. The number of anilines is 1. The van der Waals surface area contributed by atoms with Crippen LogP contribution in [0.25, 0.3) is 0 Å². The molecule has 1 saturated heterocycles. The quantitative estimate of drug-likeness (QED) is 0.734. The monoisotopic (exact) mass is 428 g/mol. The molecule has 0 aromatic carbocycles. The first kappa shape index (κ1) is 20.8. The van der Waals surface area contributed by atoms with E-state index in [0.717, 1.165) is 37.1 Å². The Kier molecular flexibility index (Phi) is 5.08. The highest BCUT2D eigenvalue weighted by molar-refractivity contribution is 7.16. The molecule has 1 aliphatic heterocycles. The fraction of sp³-hybridized carbons (Fsp3) is 0.545. The first-order valence-electron chi connectivity index (χ1n) is 10.3. The van der Waals surface area contributed by atoms with Gasteiger partial charge in [-0.25, -0.2) is 0 Å². The van der Waals surface area contributed by atoms with Crippen molar-refractivity contribution < 1.29 is 14.4 Å². The molecule has 8 heteroatoms. The van der Waals surface area contributed by atoms with E-state index in [1.54, 1.807) is 23.0 Å². The van der Waals surface area contributed by atoms with Gasteiger partial charge in [-0.1, -0.05) is 20.8 Å². The number of Topliss-reactive ketones (excluding diaryl/α,β-unsaturated/α-hetero) is 1. The second kappa shape index (κ2) is 7.34. The number of likely N-dealkylation sites (tertiary alicyclic amines) is 1. The lowest BCUT2D eigenvalue weighted by molar-refractivity contribution is -0.133. The minimum atomic E-state index is -0.290. The standard InChI is InChI=1S/C22H28N4O3S/c1-14(27)17-5-6-18(30-17)20(29)24-15-9-23-25(10-15)11-19(28)26-13-22(4)8-16(26)7-21(2,3)12-22/h5-6,9-10,16H,7-8,11-13H2,1-4H3,(H,24,29)/t16?,22-/m1/s1. The van der Waals surface area contributed by atoms with Crippen LogP contribution in [0.4, 0.5) is 5.69 Å². The van der Waals surface area contributed by atoms with Gasteiger partial charge in [0.1, 0.15) is 6.54 Å². The Hall–Kier alpha value is -2.48. The zero-order valence-electron chi connectivity index (χ0n) is 17.9. The predicted molar refractivity (Wildman–Crippen MR) is 116 cm³/mol.